The van der Waals surface area contributed by atoms with Crippen molar-refractivity contribution < 1.29 is 0 Å². The molecule has 0 spiro atoms. The number of hydrogen-bond donors (Lipinski definition) is 1. The monoisotopic (exact) mass is 289 g/mol. The summed E-state index contributed by atoms with van der Waals surface area (Å²) in [5.74, 6) is 0. The Morgan fingerprint density at radius 3 is 2.95 bits per heavy atom. The zero-order valence-corrected chi connectivity index (χ0v) is 11.7. The van der Waals surface area contributed by atoms with E-state index in [0.717, 1.165) is 21.8 Å². The third-order valence-electron chi connectivity index (χ3n) is 2.82. The second-order valence-corrected chi connectivity index (χ2v) is 5.49. The van der Waals surface area contributed by atoms with Crippen molar-refractivity contribution in [3.05, 3.63) is 57.9 Å². The molecule has 0 saturated heterocycles. The van der Waals surface area contributed by atoms with E-state index in [1.54, 1.807) is 11.3 Å². The Morgan fingerprint density at radius 2 is 2.21 bits per heavy atom. The fourth-order valence-electron chi connectivity index (χ4n) is 1.96. The van der Waals surface area contributed by atoms with Gasteiger partial charge in [0.2, 0.25) is 0 Å². The lowest BCUT2D eigenvalue weighted by atomic mass is 10.2. The van der Waals surface area contributed by atoms with E-state index in [0.29, 0.717) is 12.2 Å². The molecule has 0 bridgehead atoms. The standard InChI is InChI=1S/C14H12ClN3S/c15-12-3-1-2-10(6-12)7-18-8-13(16)14(17-18)11-4-5-19-9-11/h1-6,8-9H,7,16H2. The lowest BCUT2D eigenvalue weighted by Crippen LogP contribution is -2.00. The highest BCUT2D eigenvalue weighted by Gasteiger charge is 2.09. The molecular formula is C14H12ClN3S. The zero-order chi connectivity index (χ0) is 13.2. The normalized spacial score (nSPS) is 10.8. The Balaban J connectivity index is 1.89. The van der Waals surface area contributed by atoms with Crippen molar-refractivity contribution in [3.63, 3.8) is 0 Å². The lowest BCUT2D eigenvalue weighted by Gasteiger charge is -2.02. The average Bonchev–Trinajstić information content (AvgIpc) is 2.98. The van der Waals surface area contributed by atoms with E-state index in [4.69, 9.17) is 17.3 Å². The number of halogens is 1. The van der Waals surface area contributed by atoms with Crippen LogP contribution in [0.3, 0.4) is 0 Å². The van der Waals surface area contributed by atoms with Gasteiger partial charge in [0.25, 0.3) is 0 Å². The van der Waals surface area contributed by atoms with Crippen LogP contribution in [0.15, 0.2) is 47.3 Å². The first-order chi connectivity index (χ1) is 9.22. The van der Waals surface area contributed by atoms with E-state index in [-0.39, 0.29) is 0 Å². The summed E-state index contributed by atoms with van der Waals surface area (Å²) in [5.41, 5.74) is 9.71. The summed E-state index contributed by atoms with van der Waals surface area (Å²) in [6.45, 7) is 0.662. The molecule has 96 valence electrons. The Kier molecular flexibility index (Phi) is 3.27. The Morgan fingerprint density at radius 1 is 1.32 bits per heavy atom. The summed E-state index contributed by atoms with van der Waals surface area (Å²) in [6, 6.07) is 9.77. The van der Waals surface area contributed by atoms with Crippen LogP contribution in [0.25, 0.3) is 11.3 Å². The molecule has 3 rings (SSSR count). The van der Waals surface area contributed by atoms with Crippen LogP contribution in [0.5, 0.6) is 0 Å². The van der Waals surface area contributed by atoms with E-state index in [1.807, 2.05) is 52.0 Å². The molecule has 2 aromatic heterocycles. The molecule has 2 heterocycles. The summed E-state index contributed by atoms with van der Waals surface area (Å²) >= 11 is 7.61. The summed E-state index contributed by atoms with van der Waals surface area (Å²) in [6.07, 6.45) is 1.86. The van der Waals surface area contributed by atoms with Crippen molar-refractivity contribution >= 4 is 28.6 Å². The SMILES string of the molecule is Nc1cn(Cc2cccc(Cl)c2)nc1-c1ccsc1. The van der Waals surface area contributed by atoms with Gasteiger partial charge in [-0.1, -0.05) is 23.7 Å². The van der Waals surface area contributed by atoms with Crippen LogP contribution in [0.4, 0.5) is 5.69 Å². The quantitative estimate of drug-likeness (QED) is 0.795. The smallest absolute Gasteiger partial charge is 0.116 e. The number of nitrogen functional groups attached to an aromatic ring is 1. The highest BCUT2D eigenvalue weighted by Crippen LogP contribution is 2.26. The van der Waals surface area contributed by atoms with Gasteiger partial charge >= 0.3 is 0 Å². The minimum absolute atomic E-state index is 0.662. The van der Waals surface area contributed by atoms with Crippen LogP contribution >= 0.6 is 22.9 Å². The van der Waals surface area contributed by atoms with Gasteiger partial charge in [-0.2, -0.15) is 16.4 Å². The van der Waals surface area contributed by atoms with E-state index >= 15 is 0 Å². The van der Waals surface area contributed by atoms with Gasteiger partial charge in [-0.3, -0.25) is 4.68 Å². The van der Waals surface area contributed by atoms with E-state index in [9.17, 15) is 0 Å². The van der Waals surface area contributed by atoms with Crippen molar-refractivity contribution in [1.82, 2.24) is 9.78 Å². The molecule has 0 unspecified atom stereocenters. The van der Waals surface area contributed by atoms with E-state index < -0.39 is 0 Å². The topological polar surface area (TPSA) is 43.8 Å². The average molecular weight is 290 g/mol. The maximum absolute atomic E-state index is 6.01. The van der Waals surface area contributed by atoms with Crippen LogP contribution in [0.1, 0.15) is 5.56 Å². The summed E-state index contributed by atoms with van der Waals surface area (Å²) in [4.78, 5) is 0. The predicted molar refractivity (Wildman–Crippen MR) is 80.5 cm³/mol. The molecule has 2 N–H and O–H groups in total. The van der Waals surface area contributed by atoms with E-state index in [1.165, 1.54) is 0 Å². The molecule has 19 heavy (non-hydrogen) atoms. The van der Waals surface area contributed by atoms with Gasteiger partial charge in [0, 0.05) is 22.2 Å². The third-order valence-corrected chi connectivity index (χ3v) is 3.74. The highest BCUT2D eigenvalue weighted by atomic mass is 35.5. The fourth-order valence-corrected chi connectivity index (χ4v) is 2.82. The van der Waals surface area contributed by atoms with Crippen molar-refractivity contribution in [3.8, 4) is 11.3 Å². The summed E-state index contributed by atoms with van der Waals surface area (Å²) in [5, 5.41) is 9.33. The molecule has 0 amide bonds. The Hall–Kier alpha value is -1.78. The highest BCUT2D eigenvalue weighted by molar-refractivity contribution is 7.08. The molecule has 0 radical (unpaired) electrons. The number of hydrogen-bond acceptors (Lipinski definition) is 3. The predicted octanol–water partition coefficient (Wildman–Crippen LogP) is 3.90. The zero-order valence-electron chi connectivity index (χ0n) is 10.1. The number of nitrogens with two attached hydrogens (primary N) is 1. The number of anilines is 1. The van der Waals surface area contributed by atoms with Crippen LogP contribution in [-0.4, -0.2) is 9.78 Å². The van der Waals surface area contributed by atoms with Gasteiger partial charge in [-0.05, 0) is 29.1 Å². The molecule has 0 aliphatic carbocycles. The second-order valence-electron chi connectivity index (χ2n) is 4.27. The molecule has 1 aromatic carbocycles. The first-order valence-electron chi connectivity index (χ1n) is 5.82. The molecule has 3 aromatic rings. The van der Waals surface area contributed by atoms with Gasteiger partial charge in [-0.25, -0.2) is 0 Å². The van der Waals surface area contributed by atoms with Gasteiger partial charge in [0.05, 0.1) is 12.2 Å². The molecule has 0 aliphatic rings. The van der Waals surface area contributed by atoms with Crippen molar-refractivity contribution in [2.45, 2.75) is 6.54 Å². The van der Waals surface area contributed by atoms with Crippen LogP contribution in [-0.2, 0) is 6.54 Å². The van der Waals surface area contributed by atoms with Crippen LogP contribution < -0.4 is 5.73 Å². The number of rotatable bonds is 3. The fraction of sp³-hybridized carbons (Fsp3) is 0.0714. The minimum atomic E-state index is 0.662. The number of aromatic nitrogens is 2. The van der Waals surface area contributed by atoms with Gasteiger partial charge in [0.15, 0.2) is 0 Å². The molecule has 0 fully saturated rings. The molecule has 0 aliphatic heterocycles. The molecule has 3 nitrogen and oxygen atoms in total. The lowest BCUT2D eigenvalue weighted by molar-refractivity contribution is 0.689. The van der Waals surface area contributed by atoms with Gasteiger partial charge in [0.1, 0.15) is 5.69 Å². The van der Waals surface area contributed by atoms with Crippen molar-refractivity contribution in [2.75, 3.05) is 5.73 Å². The minimum Gasteiger partial charge on any atom is -0.396 e. The van der Waals surface area contributed by atoms with Crippen molar-refractivity contribution in [1.29, 1.82) is 0 Å². The third kappa shape index (κ3) is 2.64. The number of benzene rings is 1. The van der Waals surface area contributed by atoms with Gasteiger partial charge < -0.3 is 5.73 Å². The number of nitrogens with zero attached hydrogens (tertiary/aromatic N) is 2. The molecule has 0 atom stereocenters. The maximum Gasteiger partial charge on any atom is 0.116 e. The largest absolute Gasteiger partial charge is 0.396 e. The summed E-state index contributed by atoms with van der Waals surface area (Å²) in [7, 11) is 0. The van der Waals surface area contributed by atoms with Crippen molar-refractivity contribution in [2.24, 2.45) is 0 Å². The first kappa shape index (κ1) is 12.3. The Bertz CT molecular complexity index is 689. The first-order valence-corrected chi connectivity index (χ1v) is 7.14. The molecule has 0 saturated carbocycles. The summed E-state index contributed by atoms with van der Waals surface area (Å²) < 4.78 is 1.84. The van der Waals surface area contributed by atoms with Crippen LogP contribution in [0.2, 0.25) is 5.02 Å². The van der Waals surface area contributed by atoms with Crippen LogP contribution in [0, 0.1) is 0 Å². The second kappa shape index (κ2) is 5.07. The molecule has 5 heteroatoms. The Labute approximate surface area is 120 Å². The maximum atomic E-state index is 6.01. The van der Waals surface area contributed by atoms with E-state index in [2.05, 4.69) is 5.10 Å². The molecular weight excluding hydrogens is 278 g/mol. The number of thiophene rings is 1. The van der Waals surface area contributed by atoms with Gasteiger partial charge in [-0.15, -0.1) is 0 Å².